The van der Waals surface area contributed by atoms with Gasteiger partial charge in [0.1, 0.15) is 0 Å². The first-order chi connectivity index (χ1) is 6.77. The van der Waals surface area contributed by atoms with E-state index in [0.717, 1.165) is 25.6 Å². The first-order valence-electron chi connectivity index (χ1n) is 5.28. The van der Waals surface area contributed by atoms with Gasteiger partial charge in [-0.1, -0.05) is 18.2 Å². The summed E-state index contributed by atoms with van der Waals surface area (Å²) in [7, 11) is 0. The zero-order valence-electron chi connectivity index (χ0n) is 8.93. The maximum Gasteiger partial charge on any atom is 0.0399 e. The van der Waals surface area contributed by atoms with E-state index >= 15 is 0 Å². The first-order valence-corrected chi connectivity index (χ1v) is 5.28. The molecule has 14 heavy (non-hydrogen) atoms. The average Bonchev–Trinajstić information content (AvgIpc) is 2.07. The second-order valence-corrected chi connectivity index (χ2v) is 4.17. The molecule has 0 aromatic heterocycles. The fourth-order valence-electron chi connectivity index (χ4n) is 1.83. The summed E-state index contributed by atoms with van der Waals surface area (Å²) >= 11 is 0. The molecule has 1 fully saturated rings. The quantitative estimate of drug-likeness (QED) is 0.761. The number of hydrogen-bond acceptors (Lipinski definition) is 2. The number of anilines is 1. The van der Waals surface area contributed by atoms with Gasteiger partial charge >= 0.3 is 0 Å². The highest BCUT2D eigenvalue weighted by atomic mass is 15.0. The van der Waals surface area contributed by atoms with Crippen LogP contribution >= 0.6 is 0 Å². The highest BCUT2D eigenvalue weighted by molar-refractivity contribution is 5.56. The fourth-order valence-corrected chi connectivity index (χ4v) is 1.83. The summed E-state index contributed by atoms with van der Waals surface area (Å²) in [5.74, 6) is 0.814. The van der Waals surface area contributed by atoms with Crippen LogP contribution in [0, 0.1) is 19.8 Å². The monoisotopic (exact) mass is 190 g/mol. The van der Waals surface area contributed by atoms with Gasteiger partial charge in [0.05, 0.1) is 0 Å². The largest absolute Gasteiger partial charge is 0.384 e. The predicted molar refractivity (Wildman–Crippen MR) is 60.8 cm³/mol. The first kappa shape index (κ1) is 9.53. The molecule has 76 valence electrons. The van der Waals surface area contributed by atoms with Crippen LogP contribution in [0.2, 0.25) is 0 Å². The standard InChI is InChI=1S/C12H18N2/c1-9-4-3-5-10(2)12(9)14-8-11-6-13-7-11/h3-5,11,13-14H,6-8H2,1-2H3. The van der Waals surface area contributed by atoms with Crippen molar-refractivity contribution in [2.45, 2.75) is 13.8 Å². The van der Waals surface area contributed by atoms with Gasteiger partial charge < -0.3 is 10.6 Å². The second kappa shape index (κ2) is 4.01. The number of rotatable bonds is 3. The topological polar surface area (TPSA) is 24.1 Å². The summed E-state index contributed by atoms with van der Waals surface area (Å²) in [5.41, 5.74) is 4.01. The van der Waals surface area contributed by atoms with Crippen LogP contribution in [0.25, 0.3) is 0 Å². The molecule has 0 unspecified atom stereocenters. The van der Waals surface area contributed by atoms with Crippen molar-refractivity contribution in [3.8, 4) is 0 Å². The number of benzene rings is 1. The van der Waals surface area contributed by atoms with Crippen LogP contribution in [-0.2, 0) is 0 Å². The van der Waals surface area contributed by atoms with E-state index in [4.69, 9.17) is 0 Å². The third-order valence-corrected chi connectivity index (χ3v) is 2.91. The molecule has 0 saturated carbocycles. The lowest BCUT2D eigenvalue weighted by Crippen LogP contribution is -2.45. The summed E-state index contributed by atoms with van der Waals surface area (Å²) in [4.78, 5) is 0. The van der Waals surface area contributed by atoms with Gasteiger partial charge in [-0.05, 0) is 25.0 Å². The van der Waals surface area contributed by atoms with Crippen molar-refractivity contribution in [1.29, 1.82) is 0 Å². The highest BCUT2D eigenvalue weighted by Crippen LogP contribution is 2.20. The van der Waals surface area contributed by atoms with Crippen LogP contribution in [0.15, 0.2) is 18.2 Å². The zero-order valence-corrected chi connectivity index (χ0v) is 8.93. The number of para-hydroxylation sites is 1. The summed E-state index contributed by atoms with van der Waals surface area (Å²) in [6, 6.07) is 6.43. The Morgan fingerprint density at radius 3 is 2.43 bits per heavy atom. The van der Waals surface area contributed by atoms with Crippen molar-refractivity contribution in [2.24, 2.45) is 5.92 Å². The molecule has 0 atom stereocenters. The molecule has 1 aromatic carbocycles. The van der Waals surface area contributed by atoms with E-state index in [9.17, 15) is 0 Å². The Kier molecular flexibility index (Phi) is 2.73. The number of nitrogens with one attached hydrogen (secondary N) is 2. The summed E-state index contributed by atoms with van der Waals surface area (Å²) in [5, 5.41) is 6.83. The molecule has 1 aliphatic rings. The van der Waals surface area contributed by atoms with Crippen molar-refractivity contribution >= 4 is 5.69 Å². The summed E-state index contributed by atoms with van der Waals surface area (Å²) in [6.45, 7) is 7.75. The van der Waals surface area contributed by atoms with Crippen molar-refractivity contribution in [3.05, 3.63) is 29.3 Å². The van der Waals surface area contributed by atoms with E-state index in [0.29, 0.717) is 0 Å². The van der Waals surface area contributed by atoms with Crippen molar-refractivity contribution < 1.29 is 0 Å². The Labute approximate surface area is 85.7 Å². The normalized spacial score (nSPS) is 16.4. The average molecular weight is 190 g/mol. The molecule has 0 aliphatic carbocycles. The Morgan fingerprint density at radius 2 is 1.93 bits per heavy atom. The number of aryl methyl sites for hydroxylation is 2. The maximum absolute atomic E-state index is 3.54. The van der Waals surface area contributed by atoms with Crippen LogP contribution in [-0.4, -0.2) is 19.6 Å². The molecule has 0 radical (unpaired) electrons. The van der Waals surface area contributed by atoms with E-state index in [1.807, 2.05) is 0 Å². The molecule has 2 heteroatoms. The van der Waals surface area contributed by atoms with E-state index in [1.54, 1.807) is 0 Å². The van der Waals surface area contributed by atoms with E-state index in [-0.39, 0.29) is 0 Å². The third-order valence-electron chi connectivity index (χ3n) is 2.91. The van der Waals surface area contributed by atoms with Gasteiger partial charge in [0.25, 0.3) is 0 Å². The number of hydrogen-bond donors (Lipinski definition) is 2. The third kappa shape index (κ3) is 1.90. The lowest BCUT2D eigenvalue weighted by Gasteiger charge is -2.28. The van der Waals surface area contributed by atoms with Crippen LogP contribution < -0.4 is 10.6 Å². The van der Waals surface area contributed by atoms with Crippen LogP contribution in [0.4, 0.5) is 5.69 Å². The second-order valence-electron chi connectivity index (χ2n) is 4.17. The molecular weight excluding hydrogens is 172 g/mol. The van der Waals surface area contributed by atoms with Gasteiger partial charge in [-0.25, -0.2) is 0 Å². The molecule has 1 aromatic rings. The molecule has 0 amide bonds. The maximum atomic E-state index is 3.54. The highest BCUT2D eigenvalue weighted by Gasteiger charge is 2.16. The molecule has 2 nitrogen and oxygen atoms in total. The van der Waals surface area contributed by atoms with Gasteiger partial charge in [-0.15, -0.1) is 0 Å². The molecule has 2 rings (SSSR count). The lowest BCUT2D eigenvalue weighted by molar-refractivity contribution is 0.365. The smallest absolute Gasteiger partial charge is 0.0399 e. The summed E-state index contributed by atoms with van der Waals surface area (Å²) < 4.78 is 0. The SMILES string of the molecule is Cc1cccc(C)c1NCC1CNC1. The zero-order chi connectivity index (χ0) is 9.97. The molecule has 1 saturated heterocycles. The minimum Gasteiger partial charge on any atom is -0.384 e. The molecule has 2 N–H and O–H groups in total. The van der Waals surface area contributed by atoms with Crippen molar-refractivity contribution in [3.63, 3.8) is 0 Å². The van der Waals surface area contributed by atoms with Gasteiger partial charge in [-0.2, -0.15) is 0 Å². The molecule has 1 aliphatic heterocycles. The van der Waals surface area contributed by atoms with Gasteiger partial charge in [0.2, 0.25) is 0 Å². The predicted octanol–water partition coefficient (Wildman–Crippen LogP) is 1.93. The van der Waals surface area contributed by atoms with Crippen LogP contribution in [0.3, 0.4) is 0 Å². The minimum atomic E-state index is 0.814. The van der Waals surface area contributed by atoms with Crippen LogP contribution in [0.5, 0.6) is 0 Å². The van der Waals surface area contributed by atoms with Gasteiger partial charge in [-0.3, -0.25) is 0 Å². The Bertz CT molecular complexity index is 296. The minimum absolute atomic E-state index is 0.814. The summed E-state index contributed by atoms with van der Waals surface area (Å²) in [6.07, 6.45) is 0. The van der Waals surface area contributed by atoms with Crippen molar-refractivity contribution in [1.82, 2.24) is 5.32 Å². The Morgan fingerprint density at radius 1 is 1.29 bits per heavy atom. The Balaban J connectivity index is 2.00. The Hall–Kier alpha value is -1.02. The van der Waals surface area contributed by atoms with E-state index in [1.165, 1.54) is 16.8 Å². The van der Waals surface area contributed by atoms with Gasteiger partial charge in [0.15, 0.2) is 0 Å². The van der Waals surface area contributed by atoms with E-state index < -0.39 is 0 Å². The fraction of sp³-hybridized carbons (Fsp3) is 0.500. The molecule has 1 heterocycles. The molecule has 0 bridgehead atoms. The van der Waals surface area contributed by atoms with Gasteiger partial charge in [0, 0.05) is 31.2 Å². The van der Waals surface area contributed by atoms with Crippen molar-refractivity contribution in [2.75, 3.05) is 25.0 Å². The van der Waals surface area contributed by atoms with E-state index in [2.05, 4.69) is 42.7 Å². The molecular formula is C12H18N2. The lowest BCUT2D eigenvalue weighted by atomic mass is 10.0. The molecule has 0 spiro atoms. The van der Waals surface area contributed by atoms with Crippen LogP contribution in [0.1, 0.15) is 11.1 Å².